The first-order valence-electron chi connectivity index (χ1n) is 13.8. The van der Waals surface area contributed by atoms with Gasteiger partial charge in [0.15, 0.2) is 5.58 Å². The third-order valence-electron chi connectivity index (χ3n) is 7.70. The van der Waals surface area contributed by atoms with E-state index in [0.29, 0.717) is 47.3 Å². The third kappa shape index (κ3) is 5.41. The van der Waals surface area contributed by atoms with Gasteiger partial charge in [0, 0.05) is 49.8 Å². The summed E-state index contributed by atoms with van der Waals surface area (Å²) in [5.41, 5.74) is 4.61. The smallest absolute Gasteiger partial charge is 0.253 e. The van der Waals surface area contributed by atoms with Gasteiger partial charge in [-0.25, -0.2) is 4.39 Å². The van der Waals surface area contributed by atoms with Gasteiger partial charge >= 0.3 is 0 Å². The molecule has 3 heterocycles. The van der Waals surface area contributed by atoms with Crippen LogP contribution in [0.4, 0.5) is 4.39 Å². The van der Waals surface area contributed by atoms with E-state index in [-0.39, 0.29) is 36.3 Å². The number of nitriles is 1. The Bertz CT molecular complexity index is 1650. The SMILES string of the molecule is CN(CCO)C(=O)c1ccc(-c2cc3ncc(C4CC4)c(-c4ccc(OC5CCOCC5)c(C#N)c4)c3o2)c(F)c1. The Balaban J connectivity index is 1.38. The van der Waals surface area contributed by atoms with Gasteiger partial charge in [-0.1, -0.05) is 6.07 Å². The number of aliphatic hydroxyl groups excluding tert-OH is 1. The molecule has 4 aromatic rings. The van der Waals surface area contributed by atoms with E-state index >= 15 is 4.39 Å². The molecule has 0 bridgehead atoms. The van der Waals surface area contributed by atoms with Crippen molar-refractivity contribution in [2.24, 2.45) is 0 Å². The number of benzene rings is 2. The molecule has 0 unspecified atom stereocenters. The van der Waals surface area contributed by atoms with E-state index in [1.807, 2.05) is 24.4 Å². The van der Waals surface area contributed by atoms with Crippen molar-refractivity contribution in [2.75, 3.05) is 33.4 Å². The fraction of sp³-hybridized carbons (Fsp3) is 0.344. The zero-order chi connectivity index (χ0) is 28.5. The normalized spacial score (nSPS) is 15.6. The molecule has 2 aliphatic rings. The van der Waals surface area contributed by atoms with E-state index in [1.54, 1.807) is 19.2 Å². The predicted molar refractivity (Wildman–Crippen MR) is 150 cm³/mol. The Hall–Kier alpha value is -4.26. The first-order chi connectivity index (χ1) is 20.0. The summed E-state index contributed by atoms with van der Waals surface area (Å²) in [4.78, 5) is 18.5. The molecular formula is C32H30FN3O5. The van der Waals surface area contributed by atoms with Gasteiger partial charge in [0.05, 0.1) is 30.9 Å². The van der Waals surface area contributed by atoms with Gasteiger partial charge in [-0.3, -0.25) is 9.78 Å². The Morgan fingerprint density at radius 2 is 1.98 bits per heavy atom. The quantitative estimate of drug-likeness (QED) is 0.298. The molecule has 8 nitrogen and oxygen atoms in total. The van der Waals surface area contributed by atoms with Crippen molar-refractivity contribution in [1.29, 1.82) is 5.26 Å². The number of rotatable bonds is 8. The van der Waals surface area contributed by atoms with Crippen LogP contribution in [-0.4, -0.2) is 60.4 Å². The zero-order valence-corrected chi connectivity index (χ0v) is 22.7. The summed E-state index contributed by atoms with van der Waals surface area (Å²) in [6.45, 7) is 1.26. The number of hydrogen-bond acceptors (Lipinski definition) is 7. The van der Waals surface area contributed by atoms with Gasteiger partial charge in [-0.2, -0.15) is 5.26 Å². The molecule has 2 aromatic heterocycles. The lowest BCUT2D eigenvalue weighted by molar-refractivity contribution is 0.0254. The topological polar surface area (TPSA) is 109 Å². The average molecular weight is 556 g/mol. The molecule has 210 valence electrons. The summed E-state index contributed by atoms with van der Waals surface area (Å²) in [6, 6.07) is 13.8. The summed E-state index contributed by atoms with van der Waals surface area (Å²) in [7, 11) is 1.55. The van der Waals surface area contributed by atoms with Crippen LogP contribution in [0, 0.1) is 17.1 Å². The number of halogens is 1. The maximum Gasteiger partial charge on any atom is 0.253 e. The standard InChI is InChI=1S/C32H30FN3O5/c1-36(10-11-37)32(38)21-4-6-24(26(33)15-21)29-16-27-31(41-29)30(25(18-35-27)19-2-3-19)20-5-7-28(22(14-20)17-34)40-23-8-12-39-13-9-23/h4-7,14-16,18-19,23,37H,2-3,8-13H2,1H3. The number of aromatic nitrogens is 1. The van der Waals surface area contributed by atoms with E-state index in [1.165, 1.54) is 17.0 Å². The molecule has 9 heteroatoms. The van der Waals surface area contributed by atoms with Crippen LogP contribution < -0.4 is 4.74 Å². The second kappa shape index (κ2) is 11.3. The second-order valence-electron chi connectivity index (χ2n) is 10.6. The molecule has 0 radical (unpaired) electrons. The Labute approximate surface area is 236 Å². The van der Waals surface area contributed by atoms with Crippen LogP contribution in [0.5, 0.6) is 5.75 Å². The minimum absolute atomic E-state index is 0.00986. The summed E-state index contributed by atoms with van der Waals surface area (Å²) < 4.78 is 33.2. The van der Waals surface area contributed by atoms with Crippen LogP contribution in [0.1, 0.15) is 53.1 Å². The van der Waals surface area contributed by atoms with Crippen molar-refractivity contribution >= 4 is 17.0 Å². The van der Waals surface area contributed by atoms with Crippen LogP contribution in [0.3, 0.4) is 0 Å². The lowest BCUT2D eigenvalue weighted by atomic mass is 9.96. The fourth-order valence-corrected chi connectivity index (χ4v) is 5.29. The number of amides is 1. The Morgan fingerprint density at radius 3 is 2.68 bits per heavy atom. The first kappa shape index (κ1) is 26.9. The van der Waals surface area contributed by atoms with Gasteiger partial charge in [0.1, 0.15) is 35.0 Å². The van der Waals surface area contributed by atoms with E-state index in [2.05, 4.69) is 11.1 Å². The number of fused-ring (bicyclic) bond motifs is 1. The van der Waals surface area contributed by atoms with Crippen molar-refractivity contribution in [3.8, 4) is 34.3 Å². The van der Waals surface area contributed by atoms with Crippen molar-refractivity contribution in [1.82, 2.24) is 9.88 Å². The maximum atomic E-state index is 15.3. The molecular weight excluding hydrogens is 525 g/mol. The molecule has 1 saturated heterocycles. The molecule has 1 aliphatic heterocycles. The minimum atomic E-state index is -0.599. The van der Waals surface area contributed by atoms with Crippen LogP contribution in [0.15, 0.2) is 53.1 Å². The number of aliphatic hydroxyl groups is 1. The van der Waals surface area contributed by atoms with Crippen molar-refractivity contribution in [3.63, 3.8) is 0 Å². The molecule has 0 spiro atoms. The van der Waals surface area contributed by atoms with Gasteiger partial charge in [0.25, 0.3) is 5.91 Å². The summed E-state index contributed by atoms with van der Waals surface area (Å²) in [6.07, 6.45) is 5.50. The van der Waals surface area contributed by atoms with Gasteiger partial charge < -0.3 is 23.9 Å². The number of furan rings is 1. The summed E-state index contributed by atoms with van der Waals surface area (Å²) in [5, 5.41) is 19.1. The number of likely N-dealkylation sites (N-methyl/N-ethyl adjacent to an activating group) is 1. The number of pyridine rings is 1. The van der Waals surface area contributed by atoms with E-state index < -0.39 is 5.82 Å². The Kier molecular flexibility index (Phi) is 7.43. The van der Waals surface area contributed by atoms with E-state index in [9.17, 15) is 10.1 Å². The van der Waals surface area contributed by atoms with Crippen molar-refractivity contribution in [3.05, 3.63) is 71.2 Å². The Morgan fingerprint density at radius 1 is 1.17 bits per heavy atom. The molecule has 1 saturated carbocycles. The molecule has 2 aromatic carbocycles. The second-order valence-corrected chi connectivity index (χ2v) is 10.6. The highest BCUT2D eigenvalue weighted by Crippen LogP contribution is 2.47. The fourth-order valence-electron chi connectivity index (χ4n) is 5.29. The molecule has 2 fully saturated rings. The summed E-state index contributed by atoms with van der Waals surface area (Å²) >= 11 is 0. The highest BCUT2D eigenvalue weighted by Gasteiger charge is 2.30. The lowest BCUT2D eigenvalue weighted by Crippen LogP contribution is -2.29. The first-order valence-corrected chi connectivity index (χ1v) is 13.8. The molecule has 41 heavy (non-hydrogen) atoms. The summed E-state index contributed by atoms with van der Waals surface area (Å²) in [5.74, 6) is 0.198. The maximum absolute atomic E-state index is 15.3. The molecule has 0 atom stereocenters. The highest BCUT2D eigenvalue weighted by molar-refractivity contribution is 5.96. The number of hydrogen-bond donors (Lipinski definition) is 1. The molecule has 1 N–H and O–H groups in total. The third-order valence-corrected chi connectivity index (χ3v) is 7.70. The van der Waals surface area contributed by atoms with E-state index in [0.717, 1.165) is 42.4 Å². The lowest BCUT2D eigenvalue weighted by Gasteiger charge is -2.24. The zero-order valence-electron chi connectivity index (χ0n) is 22.7. The number of carbonyl (C=O) groups excluding carboxylic acids is 1. The van der Waals surface area contributed by atoms with Gasteiger partial charge in [-0.15, -0.1) is 0 Å². The van der Waals surface area contributed by atoms with Crippen LogP contribution in [0.2, 0.25) is 0 Å². The van der Waals surface area contributed by atoms with Gasteiger partial charge in [0.2, 0.25) is 0 Å². The largest absolute Gasteiger partial charge is 0.489 e. The highest BCUT2D eigenvalue weighted by atomic mass is 19.1. The van der Waals surface area contributed by atoms with Crippen molar-refractivity contribution in [2.45, 2.75) is 37.7 Å². The minimum Gasteiger partial charge on any atom is -0.489 e. The molecule has 1 aliphatic carbocycles. The molecule has 6 rings (SSSR count). The van der Waals surface area contributed by atoms with Crippen LogP contribution >= 0.6 is 0 Å². The number of carbonyl (C=O) groups is 1. The predicted octanol–water partition coefficient (Wildman–Crippen LogP) is 5.67. The van der Waals surface area contributed by atoms with E-state index in [4.69, 9.17) is 19.0 Å². The van der Waals surface area contributed by atoms with Gasteiger partial charge in [-0.05, 0) is 60.2 Å². The number of ether oxygens (including phenoxy) is 2. The average Bonchev–Trinajstić information content (AvgIpc) is 3.75. The van der Waals surface area contributed by atoms with Crippen molar-refractivity contribution < 1.29 is 28.2 Å². The molecule has 1 amide bonds. The van der Waals surface area contributed by atoms with Crippen LogP contribution in [0.25, 0.3) is 33.6 Å². The monoisotopic (exact) mass is 555 g/mol. The van der Waals surface area contributed by atoms with Crippen LogP contribution in [-0.2, 0) is 4.74 Å². The number of nitrogens with zero attached hydrogens (tertiary/aromatic N) is 3.